The number of morpholine rings is 1. The number of hydrogen-bond donors (Lipinski definition) is 1. The maximum absolute atomic E-state index is 6.08. The lowest BCUT2D eigenvalue weighted by Crippen LogP contribution is -2.52. The number of hydrogen-bond acceptors (Lipinski definition) is 4. The van der Waals surface area contributed by atoms with Crippen LogP contribution in [0.3, 0.4) is 0 Å². The lowest BCUT2D eigenvalue weighted by Gasteiger charge is -2.37. The standard InChI is InChI=1S/C17H30N2OS/c1-3-9-18-16(8-7-15-6-5-13-21-15)17-14-19(10-4-2)11-12-20-17/h5-6,13,16-18H,3-4,7-12,14H2,1-2H3. The summed E-state index contributed by atoms with van der Waals surface area (Å²) in [5.74, 6) is 0. The van der Waals surface area contributed by atoms with Crippen LogP contribution in [-0.2, 0) is 11.2 Å². The van der Waals surface area contributed by atoms with Crippen molar-refractivity contribution in [3.05, 3.63) is 22.4 Å². The van der Waals surface area contributed by atoms with Crippen molar-refractivity contribution in [3.63, 3.8) is 0 Å². The summed E-state index contributed by atoms with van der Waals surface area (Å²) in [6, 6.07) is 4.87. The number of nitrogens with zero attached hydrogens (tertiary/aromatic N) is 1. The van der Waals surface area contributed by atoms with Crippen molar-refractivity contribution in [2.24, 2.45) is 0 Å². The smallest absolute Gasteiger partial charge is 0.0855 e. The molecule has 1 aliphatic rings. The van der Waals surface area contributed by atoms with Crippen LogP contribution in [0.15, 0.2) is 17.5 Å². The van der Waals surface area contributed by atoms with Crippen molar-refractivity contribution in [2.45, 2.75) is 51.7 Å². The molecule has 0 spiro atoms. The monoisotopic (exact) mass is 310 g/mol. The van der Waals surface area contributed by atoms with E-state index >= 15 is 0 Å². The van der Waals surface area contributed by atoms with E-state index in [1.807, 2.05) is 11.3 Å². The van der Waals surface area contributed by atoms with Gasteiger partial charge in [0.1, 0.15) is 0 Å². The highest BCUT2D eigenvalue weighted by Gasteiger charge is 2.27. The molecule has 1 aromatic heterocycles. The zero-order valence-corrected chi connectivity index (χ0v) is 14.3. The molecule has 1 N–H and O–H groups in total. The van der Waals surface area contributed by atoms with E-state index in [0.717, 1.165) is 32.7 Å². The predicted octanol–water partition coefficient (Wildman–Crippen LogP) is 3.16. The molecular weight excluding hydrogens is 280 g/mol. The Balaban J connectivity index is 1.87. The first-order valence-corrected chi connectivity index (χ1v) is 9.31. The highest BCUT2D eigenvalue weighted by atomic mass is 32.1. The van der Waals surface area contributed by atoms with Crippen LogP contribution in [0.25, 0.3) is 0 Å². The second-order valence-electron chi connectivity index (χ2n) is 5.89. The normalized spacial score (nSPS) is 21.5. The summed E-state index contributed by atoms with van der Waals surface area (Å²) in [7, 11) is 0. The molecule has 3 nitrogen and oxygen atoms in total. The van der Waals surface area contributed by atoms with Crippen LogP contribution in [0.2, 0.25) is 0 Å². The fourth-order valence-corrected chi connectivity index (χ4v) is 3.72. The largest absolute Gasteiger partial charge is 0.374 e. The van der Waals surface area contributed by atoms with Crippen LogP contribution in [0.4, 0.5) is 0 Å². The van der Waals surface area contributed by atoms with Crippen molar-refractivity contribution in [2.75, 3.05) is 32.8 Å². The molecule has 1 fully saturated rings. The average molecular weight is 311 g/mol. The van der Waals surface area contributed by atoms with Crippen LogP contribution in [0.5, 0.6) is 0 Å². The molecule has 0 saturated carbocycles. The van der Waals surface area contributed by atoms with Gasteiger partial charge in [-0.15, -0.1) is 11.3 Å². The minimum Gasteiger partial charge on any atom is -0.374 e. The van der Waals surface area contributed by atoms with E-state index in [1.165, 1.54) is 30.7 Å². The van der Waals surface area contributed by atoms with Crippen molar-refractivity contribution in [3.8, 4) is 0 Å². The average Bonchev–Trinajstić information content (AvgIpc) is 3.01. The maximum Gasteiger partial charge on any atom is 0.0855 e. The predicted molar refractivity (Wildman–Crippen MR) is 91.2 cm³/mol. The Morgan fingerprint density at radius 1 is 1.43 bits per heavy atom. The Labute approximate surface area is 133 Å². The third-order valence-electron chi connectivity index (χ3n) is 4.10. The highest BCUT2D eigenvalue weighted by molar-refractivity contribution is 7.09. The van der Waals surface area contributed by atoms with E-state index in [9.17, 15) is 0 Å². The van der Waals surface area contributed by atoms with Gasteiger partial charge in [0.15, 0.2) is 0 Å². The fourth-order valence-electron chi connectivity index (χ4n) is 3.00. The summed E-state index contributed by atoms with van der Waals surface area (Å²) in [6.45, 7) is 9.83. The summed E-state index contributed by atoms with van der Waals surface area (Å²) in [5.41, 5.74) is 0. The summed E-state index contributed by atoms with van der Waals surface area (Å²) in [6.07, 6.45) is 5.09. The Hall–Kier alpha value is -0.420. The summed E-state index contributed by atoms with van der Waals surface area (Å²) < 4.78 is 6.08. The van der Waals surface area contributed by atoms with Gasteiger partial charge < -0.3 is 10.1 Å². The first-order valence-electron chi connectivity index (χ1n) is 8.43. The third-order valence-corrected chi connectivity index (χ3v) is 5.04. The third kappa shape index (κ3) is 5.70. The Kier molecular flexibility index (Phi) is 7.72. The molecule has 0 aliphatic carbocycles. The minimum atomic E-state index is 0.344. The zero-order chi connectivity index (χ0) is 14.9. The van der Waals surface area contributed by atoms with Gasteiger partial charge in [-0.2, -0.15) is 0 Å². The molecule has 2 heterocycles. The Morgan fingerprint density at radius 3 is 3.05 bits per heavy atom. The van der Waals surface area contributed by atoms with Crippen LogP contribution in [-0.4, -0.2) is 49.8 Å². The van der Waals surface area contributed by atoms with Gasteiger partial charge >= 0.3 is 0 Å². The van der Waals surface area contributed by atoms with Crippen molar-refractivity contribution in [1.29, 1.82) is 0 Å². The number of nitrogens with one attached hydrogen (secondary N) is 1. The second-order valence-corrected chi connectivity index (χ2v) is 6.92. The van der Waals surface area contributed by atoms with Crippen molar-refractivity contribution in [1.82, 2.24) is 10.2 Å². The van der Waals surface area contributed by atoms with E-state index in [4.69, 9.17) is 4.74 Å². The summed E-state index contributed by atoms with van der Waals surface area (Å²) in [4.78, 5) is 4.04. The fraction of sp³-hybridized carbons (Fsp3) is 0.765. The van der Waals surface area contributed by atoms with E-state index in [1.54, 1.807) is 0 Å². The van der Waals surface area contributed by atoms with Crippen LogP contribution in [0.1, 0.15) is 38.0 Å². The molecule has 0 aromatic carbocycles. The molecule has 0 bridgehead atoms. The Morgan fingerprint density at radius 2 is 2.33 bits per heavy atom. The number of thiophene rings is 1. The van der Waals surface area contributed by atoms with Crippen molar-refractivity contribution < 1.29 is 4.74 Å². The van der Waals surface area contributed by atoms with Crippen LogP contribution in [0, 0.1) is 0 Å². The zero-order valence-electron chi connectivity index (χ0n) is 13.5. The van der Waals surface area contributed by atoms with E-state index in [2.05, 4.69) is 41.6 Å². The number of rotatable bonds is 9. The molecule has 0 radical (unpaired) electrons. The topological polar surface area (TPSA) is 24.5 Å². The molecule has 120 valence electrons. The van der Waals surface area contributed by atoms with E-state index < -0.39 is 0 Å². The maximum atomic E-state index is 6.08. The molecule has 1 saturated heterocycles. The summed E-state index contributed by atoms with van der Waals surface area (Å²) in [5, 5.41) is 5.89. The first-order chi connectivity index (χ1) is 10.3. The second kappa shape index (κ2) is 9.57. The highest BCUT2D eigenvalue weighted by Crippen LogP contribution is 2.17. The van der Waals surface area contributed by atoms with Crippen LogP contribution >= 0.6 is 11.3 Å². The Bertz CT molecular complexity index is 367. The number of ether oxygens (including phenoxy) is 1. The molecule has 21 heavy (non-hydrogen) atoms. The molecule has 4 heteroatoms. The lowest BCUT2D eigenvalue weighted by molar-refractivity contribution is -0.0474. The van der Waals surface area contributed by atoms with Gasteiger partial charge in [-0.05, 0) is 50.2 Å². The SMILES string of the molecule is CCCNC(CCc1cccs1)C1CN(CCC)CCO1. The molecular formula is C17H30N2OS. The van der Waals surface area contributed by atoms with Gasteiger partial charge in [0, 0.05) is 24.0 Å². The molecule has 2 atom stereocenters. The van der Waals surface area contributed by atoms with Gasteiger partial charge in [0.25, 0.3) is 0 Å². The molecule has 2 rings (SSSR count). The molecule has 0 amide bonds. The molecule has 2 unspecified atom stereocenters. The van der Waals surface area contributed by atoms with E-state index in [0.29, 0.717) is 12.1 Å². The van der Waals surface area contributed by atoms with E-state index in [-0.39, 0.29) is 0 Å². The minimum absolute atomic E-state index is 0.344. The van der Waals surface area contributed by atoms with Gasteiger partial charge in [0.05, 0.1) is 12.7 Å². The number of aryl methyl sites for hydroxylation is 1. The first kappa shape index (κ1) is 16.9. The van der Waals surface area contributed by atoms with Gasteiger partial charge in [-0.25, -0.2) is 0 Å². The molecule has 1 aliphatic heterocycles. The van der Waals surface area contributed by atoms with Gasteiger partial charge in [0.2, 0.25) is 0 Å². The van der Waals surface area contributed by atoms with Gasteiger partial charge in [-0.3, -0.25) is 4.90 Å². The van der Waals surface area contributed by atoms with Gasteiger partial charge in [-0.1, -0.05) is 19.9 Å². The summed E-state index contributed by atoms with van der Waals surface area (Å²) >= 11 is 1.87. The lowest BCUT2D eigenvalue weighted by atomic mass is 10.0. The van der Waals surface area contributed by atoms with Crippen molar-refractivity contribution >= 4 is 11.3 Å². The molecule has 1 aromatic rings. The quantitative estimate of drug-likeness (QED) is 0.758. The van der Waals surface area contributed by atoms with Crippen LogP contribution < -0.4 is 5.32 Å².